The van der Waals surface area contributed by atoms with Crippen molar-refractivity contribution in [1.82, 2.24) is 15.1 Å². The summed E-state index contributed by atoms with van der Waals surface area (Å²) in [6.07, 6.45) is 4.02. The third-order valence-electron chi connectivity index (χ3n) is 2.41. The van der Waals surface area contributed by atoms with Crippen molar-refractivity contribution in [2.45, 2.75) is 26.2 Å². The summed E-state index contributed by atoms with van der Waals surface area (Å²) in [5.41, 5.74) is 1.84. The van der Waals surface area contributed by atoms with Crippen LogP contribution < -0.4 is 0 Å². The zero-order valence-electron chi connectivity index (χ0n) is 9.76. The number of hydrogen-bond donors (Lipinski definition) is 1. The fraction of sp³-hybridized carbons (Fsp3) is 0.417. The lowest BCUT2D eigenvalue weighted by Crippen LogP contribution is -1.90. The van der Waals surface area contributed by atoms with Crippen molar-refractivity contribution in [2.24, 2.45) is 0 Å². The molecule has 0 amide bonds. The SMILES string of the molecule is Cc1ccnc(-c2noc(CCCCO)n2)c1. The Bertz CT molecular complexity index is 482. The van der Waals surface area contributed by atoms with E-state index in [1.165, 1.54) is 0 Å². The van der Waals surface area contributed by atoms with Crippen molar-refractivity contribution in [3.8, 4) is 11.5 Å². The van der Waals surface area contributed by atoms with E-state index >= 15 is 0 Å². The molecule has 0 aliphatic rings. The Labute approximate surface area is 99.5 Å². The molecule has 90 valence electrons. The van der Waals surface area contributed by atoms with E-state index in [0.29, 0.717) is 18.1 Å². The predicted molar refractivity (Wildman–Crippen MR) is 62.3 cm³/mol. The first-order chi connectivity index (χ1) is 8.29. The van der Waals surface area contributed by atoms with Crippen LogP contribution in [0.2, 0.25) is 0 Å². The van der Waals surface area contributed by atoms with Crippen molar-refractivity contribution < 1.29 is 9.63 Å². The van der Waals surface area contributed by atoms with Crippen LogP contribution in [-0.2, 0) is 6.42 Å². The molecule has 0 saturated carbocycles. The predicted octanol–water partition coefficient (Wildman–Crippen LogP) is 1.76. The third-order valence-corrected chi connectivity index (χ3v) is 2.41. The van der Waals surface area contributed by atoms with Gasteiger partial charge in [-0.05, 0) is 37.5 Å². The highest BCUT2D eigenvalue weighted by Crippen LogP contribution is 2.14. The fourth-order valence-corrected chi connectivity index (χ4v) is 1.51. The number of aliphatic hydroxyl groups is 1. The Morgan fingerprint density at radius 3 is 3.00 bits per heavy atom. The molecule has 0 radical (unpaired) electrons. The Hall–Kier alpha value is -1.75. The number of unbranched alkanes of at least 4 members (excludes halogenated alkanes) is 1. The standard InChI is InChI=1S/C12H15N3O2/c1-9-5-6-13-10(8-9)12-14-11(17-15-12)4-2-3-7-16/h5-6,8,16H,2-4,7H2,1H3. The van der Waals surface area contributed by atoms with Crippen molar-refractivity contribution in [3.05, 3.63) is 29.8 Å². The Morgan fingerprint density at radius 2 is 2.24 bits per heavy atom. The molecule has 0 spiro atoms. The maximum atomic E-state index is 8.68. The van der Waals surface area contributed by atoms with Crippen LogP contribution in [0.4, 0.5) is 0 Å². The highest BCUT2D eigenvalue weighted by molar-refractivity contribution is 5.48. The highest BCUT2D eigenvalue weighted by atomic mass is 16.5. The average Bonchev–Trinajstić information content (AvgIpc) is 2.78. The van der Waals surface area contributed by atoms with E-state index in [-0.39, 0.29) is 6.61 Å². The van der Waals surface area contributed by atoms with Gasteiger partial charge in [-0.25, -0.2) is 0 Å². The number of pyridine rings is 1. The van der Waals surface area contributed by atoms with Crippen molar-refractivity contribution in [3.63, 3.8) is 0 Å². The summed E-state index contributed by atoms with van der Waals surface area (Å²) in [7, 11) is 0. The van der Waals surface area contributed by atoms with Gasteiger partial charge in [0, 0.05) is 19.2 Å². The largest absolute Gasteiger partial charge is 0.396 e. The van der Waals surface area contributed by atoms with Crippen molar-refractivity contribution in [1.29, 1.82) is 0 Å². The maximum Gasteiger partial charge on any atom is 0.227 e. The second-order valence-electron chi connectivity index (χ2n) is 3.91. The maximum absolute atomic E-state index is 8.68. The molecule has 0 aliphatic carbocycles. The lowest BCUT2D eigenvalue weighted by molar-refractivity contribution is 0.281. The van der Waals surface area contributed by atoms with Gasteiger partial charge in [0.05, 0.1) is 0 Å². The first-order valence-corrected chi connectivity index (χ1v) is 5.66. The first-order valence-electron chi connectivity index (χ1n) is 5.66. The summed E-state index contributed by atoms with van der Waals surface area (Å²) in [5.74, 6) is 1.12. The molecule has 2 aromatic heterocycles. The number of aliphatic hydroxyl groups excluding tert-OH is 1. The molecule has 0 unspecified atom stereocenters. The van der Waals surface area contributed by atoms with E-state index in [4.69, 9.17) is 9.63 Å². The lowest BCUT2D eigenvalue weighted by Gasteiger charge is -1.94. The minimum Gasteiger partial charge on any atom is -0.396 e. The van der Waals surface area contributed by atoms with E-state index in [9.17, 15) is 0 Å². The van der Waals surface area contributed by atoms with Gasteiger partial charge in [-0.2, -0.15) is 4.98 Å². The smallest absolute Gasteiger partial charge is 0.227 e. The monoisotopic (exact) mass is 233 g/mol. The minimum absolute atomic E-state index is 0.195. The van der Waals surface area contributed by atoms with Crippen LogP contribution in [0, 0.1) is 6.92 Å². The molecule has 0 bridgehead atoms. The number of aryl methyl sites for hydroxylation is 2. The van der Waals surface area contributed by atoms with Gasteiger partial charge < -0.3 is 9.63 Å². The van der Waals surface area contributed by atoms with Crippen LogP contribution in [0.3, 0.4) is 0 Å². The summed E-state index contributed by atoms with van der Waals surface area (Å²) >= 11 is 0. The van der Waals surface area contributed by atoms with E-state index in [1.54, 1.807) is 6.20 Å². The summed E-state index contributed by atoms with van der Waals surface area (Å²) in [4.78, 5) is 8.47. The zero-order chi connectivity index (χ0) is 12.1. The van der Waals surface area contributed by atoms with Crippen LogP contribution in [0.5, 0.6) is 0 Å². The van der Waals surface area contributed by atoms with E-state index in [1.807, 2.05) is 19.1 Å². The molecule has 0 saturated heterocycles. The van der Waals surface area contributed by atoms with Gasteiger partial charge in [-0.15, -0.1) is 0 Å². The highest BCUT2D eigenvalue weighted by Gasteiger charge is 2.09. The fourth-order valence-electron chi connectivity index (χ4n) is 1.51. The zero-order valence-corrected chi connectivity index (χ0v) is 9.76. The second kappa shape index (κ2) is 5.54. The number of aromatic nitrogens is 3. The second-order valence-corrected chi connectivity index (χ2v) is 3.91. The molecule has 0 fully saturated rings. The van der Waals surface area contributed by atoms with Crippen LogP contribution in [-0.4, -0.2) is 26.8 Å². The summed E-state index contributed by atoms with van der Waals surface area (Å²) in [6.45, 7) is 2.19. The number of rotatable bonds is 5. The molecule has 0 aliphatic heterocycles. The van der Waals surface area contributed by atoms with Crippen LogP contribution >= 0.6 is 0 Å². The van der Waals surface area contributed by atoms with Crippen molar-refractivity contribution >= 4 is 0 Å². The topological polar surface area (TPSA) is 72.0 Å². The molecule has 2 rings (SSSR count). The van der Waals surface area contributed by atoms with E-state index < -0.39 is 0 Å². The molecular formula is C12H15N3O2. The quantitative estimate of drug-likeness (QED) is 0.796. The molecule has 0 aromatic carbocycles. The van der Waals surface area contributed by atoms with Crippen LogP contribution in [0.15, 0.2) is 22.9 Å². The number of nitrogens with zero attached hydrogens (tertiary/aromatic N) is 3. The van der Waals surface area contributed by atoms with E-state index in [0.717, 1.165) is 24.1 Å². The van der Waals surface area contributed by atoms with Gasteiger partial charge in [0.2, 0.25) is 11.7 Å². The van der Waals surface area contributed by atoms with Gasteiger partial charge in [0.15, 0.2) is 0 Å². The van der Waals surface area contributed by atoms with Gasteiger partial charge in [0.25, 0.3) is 0 Å². The molecule has 2 aromatic rings. The molecule has 2 heterocycles. The molecular weight excluding hydrogens is 218 g/mol. The Morgan fingerprint density at radius 1 is 1.35 bits per heavy atom. The molecule has 5 nitrogen and oxygen atoms in total. The molecule has 0 atom stereocenters. The van der Waals surface area contributed by atoms with Gasteiger partial charge in [0.1, 0.15) is 5.69 Å². The van der Waals surface area contributed by atoms with Gasteiger partial charge >= 0.3 is 0 Å². The van der Waals surface area contributed by atoms with Crippen LogP contribution in [0.25, 0.3) is 11.5 Å². The minimum atomic E-state index is 0.195. The van der Waals surface area contributed by atoms with Gasteiger partial charge in [-0.3, -0.25) is 4.98 Å². The van der Waals surface area contributed by atoms with Gasteiger partial charge in [-0.1, -0.05) is 5.16 Å². The van der Waals surface area contributed by atoms with Crippen LogP contribution in [0.1, 0.15) is 24.3 Å². The number of hydrogen-bond acceptors (Lipinski definition) is 5. The molecule has 5 heteroatoms. The summed E-state index contributed by atoms with van der Waals surface area (Å²) < 4.78 is 5.12. The summed E-state index contributed by atoms with van der Waals surface area (Å²) in [5, 5.41) is 12.6. The lowest BCUT2D eigenvalue weighted by atomic mass is 10.2. The molecule has 17 heavy (non-hydrogen) atoms. The van der Waals surface area contributed by atoms with E-state index in [2.05, 4.69) is 15.1 Å². The summed E-state index contributed by atoms with van der Waals surface area (Å²) in [6, 6.07) is 3.84. The molecule has 1 N–H and O–H groups in total. The third kappa shape index (κ3) is 3.10. The van der Waals surface area contributed by atoms with Crippen molar-refractivity contribution in [2.75, 3.05) is 6.61 Å². The Balaban J connectivity index is 2.07. The first kappa shape index (κ1) is 11.7. The average molecular weight is 233 g/mol. The normalized spacial score (nSPS) is 10.7. The Kier molecular flexibility index (Phi) is 3.82.